The lowest BCUT2D eigenvalue weighted by Gasteiger charge is -2.12. The first-order valence-electron chi connectivity index (χ1n) is 4.15. The molecule has 1 rings (SSSR count). The first kappa shape index (κ1) is 10.4. The third kappa shape index (κ3) is 2.68. The summed E-state index contributed by atoms with van der Waals surface area (Å²) >= 11 is 0. The van der Waals surface area contributed by atoms with E-state index in [1.54, 1.807) is 13.2 Å². The number of nitrogens with zero attached hydrogens (tertiary/aromatic N) is 3. The highest BCUT2D eigenvalue weighted by Crippen LogP contribution is 2.12. The molecule has 0 saturated carbocycles. The van der Waals surface area contributed by atoms with Crippen LogP contribution in [0.4, 0.5) is 0 Å². The van der Waals surface area contributed by atoms with Crippen molar-refractivity contribution in [3.63, 3.8) is 0 Å². The van der Waals surface area contributed by atoms with Gasteiger partial charge in [0, 0.05) is 7.11 Å². The van der Waals surface area contributed by atoms with E-state index in [-0.39, 0.29) is 12.0 Å². The van der Waals surface area contributed by atoms with Crippen LogP contribution in [0, 0.1) is 11.3 Å². The molecule has 1 aromatic rings. The predicted molar refractivity (Wildman–Crippen MR) is 48.7 cm³/mol. The molecule has 0 fully saturated rings. The van der Waals surface area contributed by atoms with Gasteiger partial charge in [0.05, 0.1) is 12.8 Å². The topological polar surface area (TPSA) is 68.0 Å². The maximum absolute atomic E-state index is 8.73. The van der Waals surface area contributed by atoms with Crippen molar-refractivity contribution >= 4 is 0 Å². The van der Waals surface area contributed by atoms with Gasteiger partial charge in [-0.3, -0.25) is 0 Å². The zero-order valence-corrected chi connectivity index (χ0v) is 8.10. The number of methoxy groups -OCH3 is 1. The number of aromatic nitrogens is 2. The summed E-state index contributed by atoms with van der Waals surface area (Å²) in [5, 5.41) is 16.1. The molecule has 0 radical (unpaired) electrons. The second-order valence-corrected chi connectivity index (χ2v) is 2.75. The van der Waals surface area contributed by atoms with Gasteiger partial charge in [-0.15, -0.1) is 5.10 Å². The summed E-state index contributed by atoms with van der Waals surface area (Å²) < 4.78 is 10.2. The summed E-state index contributed by atoms with van der Waals surface area (Å²) in [7, 11) is 1.59. The molecule has 0 aliphatic rings. The van der Waals surface area contributed by atoms with E-state index < -0.39 is 0 Å². The second kappa shape index (κ2) is 5.14. The van der Waals surface area contributed by atoms with Gasteiger partial charge in [-0.25, -0.2) is 0 Å². The van der Waals surface area contributed by atoms with Crippen LogP contribution in [0.2, 0.25) is 0 Å². The van der Waals surface area contributed by atoms with Gasteiger partial charge in [-0.1, -0.05) is 0 Å². The van der Waals surface area contributed by atoms with Crippen molar-refractivity contribution < 1.29 is 9.47 Å². The van der Waals surface area contributed by atoms with Crippen LogP contribution >= 0.6 is 0 Å². The van der Waals surface area contributed by atoms with Crippen molar-refractivity contribution in [2.24, 2.45) is 0 Å². The predicted octanol–water partition coefficient (Wildman–Crippen LogP) is 0.762. The zero-order chi connectivity index (χ0) is 10.4. The van der Waals surface area contributed by atoms with Gasteiger partial charge in [0.25, 0.3) is 5.88 Å². The fourth-order valence-electron chi connectivity index (χ4n) is 0.950. The van der Waals surface area contributed by atoms with Crippen molar-refractivity contribution in [2.75, 3.05) is 13.7 Å². The van der Waals surface area contributed by atoms with Crippen LogP contribution in [-0.2, 0) is 4.74 Å². The van der Waals surface area contributed by atoms with E-state index in [0.717, 1.165) is 0 Å². The number of ether oxygens (including phenoxy) is 2. The Morgan fingerprint density at radius 1 is 1.64 bits per heavy atom. The molecule has 0 amide bonds. The molecule has 1 atom stereocenters. The minimum atomic E-state index is -0.149. The van der Waals surface area contributed by atoms with E-state index in [1.807, 2.05) is 13.0 Å². The Hall–Kier alpha value is -1.67. The van der Waals surface area contributed by atoms with Crippen LogP contribution in [0.15, 0.2) is 12.3 Å². The van der Waals surface area contributed by atoms with Gasteiger partial charge < -0.3 is 9.47 Å². The Kier molecular flexibility index (Phi) is 3.83. The Labute approximate surface area is 82.3 Å². The van der Waals surface area contributed by atoms with Crippen LogP contribution in [-0.4, -0.2) is 30.0 Å². The SMILES string of the molecule is COCC(C)Oc1nnccc1C#N. The molecule has 1 unspecified atom stereocenters. The third-order valence-corrected chi connectivity index (χ3v) is 1.52. The van der Waals surface area contributed by atoms with E-state index in [0.29, 0.717) is 12.2 Å². The van der Waals surface area contributed by atoms with Crippen molar-refractivity contribution in [2.45, 2.75) is 13.0 Å². The van der Waals surface area contributed by atoms with Gasteiger partial charge in [-0.05, 0) is 13.0 Å². The second-order valence-electron chi connectivity index (χ2n) is 2.75. The Morgan fingerprint density at radius 3 is 3.07 bits per heavy atom. The molecule has 0 N–H and O–H groups in total. The highest BCUT2D eigenvalue weighted by atomic mass is 16.5. The summed E-state index contributed by atoms with van der Waals surface area (Å²) in [5.74, 6) is 0.250. The summed E-state index contributed by atoms with van der Waals surface area (Å²) in [5.41, 5.74) is 0.378. The van der Waals surface area contributed by atoms with E-state index in [2.05, 4.69) is 10.2 Å². The highest BCUT2D eigenvalue weighted by Gasteiger charge is 2.09. The molecule has 14 heavy (non-hydrogen) atoms. The molecule has 5 nitrogen and oxygen atoms in total. The van der Waals surface area contributed by atoms with Gasteiger partial charge in [0.15, 0.2) is 0 Å². The lowest BCUT2D eigenvalue weighted by molar-refractivity contribution is 0.0880. The number of rotatable bonds is 4. The normalized spacial score (nSPS) is 11.8. The lowest BCUT2D eigenvalue weighted by atomic mass is 10.3. The van der Waals surface area contributed by atoms with Crippen LogP contribution < -0.4 is 4.74 Å². The van der Waals surface area contributed by atoms with Gasteiger partial charge >= 0.3 is 0 Å². The fourth-order valence-corrected chi connectivity index (χ4v) is 0.950. The summed E-state index contributed by atoms with van der Waals surface area (Å²) in [6.45, 7) is 2.28. The molecule has 0 saturated heterocycles. The van der Waals surface area contributed by atoms with Crippen molar-refractivity contribution in [3.05, 3.63) is 17.8 Å². The molecule has 5 heteroatoms. The minimum absolute atomic E-state index is 0.149. The van der Waals surface area contributed by atoms with Crippen LogP contribution in [0.5, 0.6) is 5.88 Å². The first-order chi connectivity index (χ1) is 6.77. The number of hydrogen-bond acceptors (Lipinski definition) is 5. The largest absolute Gasteiger partial charge is 0.470 e. The van der Waals surface area contributed by atoms with E-state index in [9.17, 15) is 0 Å². The van der Waals surface area contributed by atoms with Crippen LogP contribution in [0.25, 0.3) is 0 Å². The number of nitriles is 1. The number of hydrogen-bond donors (Lipinski definition) is 0. The molecule has 0 aliphatic heterocycles. The van der Waals surface area contributed by atoms with Crippen LogP contribution in [0.3, 0.4) is 0 Å². The van der Waals surface area contributed by atoms with Crippen molar-refractivity contribution in [3.8, 4) is 11.9 Å². The summed E-state index contributed by atoms with van der Waals surface area (Å²) in [6.07, 6.45) is 1.30. The standard InChI is InChI=1S/C9H11N3O2/c1-7(6-13-2)14-9-8(5-10)3-4-11-12-9/h3-4,7H,6H2,1-2H3. The lowest BCUT2D eigenvalue weighted by Crippen LogP contribution is -2.19. The molecule has 0 bridgehead atoms. The molecular formula is C9H11N3O2. The fraction of sp³-hybridized carbons (Fsp3) is 0.444. The van der Waals surface area contributed by atoms with E-state index in [1.165, 1.54) is 6.20 Å². The smallest absolute Gasteiger partial charge is 0.251 e. The maximum Gasteiger partial charge on any atom is 0.251 e. The maximum atomic E-state index is 8.73. The molecule has 1 aromatic heterocycles. The Bertz CT molecular complexity index is 335. The van der Waals surface area contributed by atoms with Gasteiger partial charge in [0.2, 0.25) is 0 Å². The van der Waals surface area contributed by atoms with E-state index >= 15 is 0 Å². The molecule has 0 aliphatic carbocycles. The summed E-state index contributed by atoms with van der Waals surface area (Å²) in [6, 6.07) is 3.53. The summed E-state index contributed by atoms with van der Waals surface area (Å²) in [4.78, 5) is 0. The van der Waals surface area contributed by atoms with Gasteiger partial charge in [0.1, 0.15) is 17.7 Å². The average Bonchev–Trinajstić information content (AvgIpc) is 2.19. The molecular weight excluding hydrogens is 182 g/mol. The monoisotopic (exact) mass is 193 g/mol. The minimum Gasteiger partial charge on any atom is -0.470 e. The van der Waals surface area contributed by atoms with Gasteiger partial charge in [-0.2, -0.15) is 10.4 Å². The molecule has 74 valence electrons. The first-order valence-corrected chi connectivity index (χ1v) is 4.15. The van der Waals surface area contributed by atoms with Crippen molar-refractivity contribution in [1.29, 1.82) is 5.26 Å². The highest BCUT2D eigenvalue weighted by molar-refractivity contribution is 5.35. The molecule has 0 spiro atoms. The Morgan fingerprint density at radius 2 is 2.43 bits per heavy atom. The quantitative estimate of drug-likeness (QED) is 0.706. The third-order valence-electron chi connectivity index (χ3n) is 1.52. The molecule has 0 aromatic carbocycles. The Balaban J connectivity index is 2.71. The van der Waals surface area contributed by atoms with Crippen LogP contribution in [0.1, 0.15) is 12.5 Å². The zero-order valence-electron chi connectivity index (χ0n) is 8.10. The van der Waals surface area contributed by atoms with E-state index in [4.69, 9.17) is 14.7 Å². The molecule has 1 heterocycles. The average molecular weight is 193 g/mol. The van der Waals surface area contributed by atoms with Crippen molar-refractivity contribution in [1.82, 2.24) is 10.2 Å².